The highest BCUT2D eigenvalue weighted by atomic mass is 32.2. The van der Waals surface area contributed by atoms with E-state index in [4.69, 9.17) is 11.0 Å². The summed E-state index contributed by atoms with van der Waals surface area (Å²) in [7, 11) is 0. The first kappa shape index (κ1) is 13.6. The van der Waals surface area contributed by atoms with Crippen LogP contribution in [-0.2, 0) is 11.3 Å². The van der Waals surface area contributed by atoms with Crippen molar-refractivity contribution in [3.63, 3.8) is 0 Å². The van der Waals surface area contributed by atoms with Crippen LogP contribution in [-0.4, -0.2) is 18.2 Å². The number of hydrogen-bond acceptors (Lipinski definition) is 4. The van der Waals surface area contributed by atoms with Crippen molar-refractivity contribution in [3.05, 3.63) is 29.3 Å². The molecule has 0 fully saturated rings. The molecule has 1 amide bonds. The largest absolute Gasteiger partial charge is 0.356 e. The van der Waals surface area contributed by atoms with Crippen LogP contribution in [0.3, 0.4) is 0 Å². The zero-order chi connectivity index (χ0) is 12.7. The molecule has 0 unspecified atom stereocenters. The van der Waals surface area contributed by atoms with Gasteiger partial charge in [-0.2, -0.15) is 5.26 Å². The minimum atomic E-state index is -0.0238. The van der Waals surface area contributed by atoms with E-state index in [9.17, 15) is 4.79 Å². The van der Waals surface area contributed by atoms with E-state index in [0.717, 1.165) is 10.5 Å². The van der Waals surface area contributed by atoms with E-state index in [0.29, 0.717) is 24.4 Å². The Labute approximate surface area is 105 Å². The second kappa shape index (κ2) is 6.94. The number of thioether (sulfide) groups is 1. The van der Waals surface area contributed by atoms with Crippen molar-refractivity contribution < 1.29 is 4.79 Å². The van der Waals surface area contributed by atoms with Crippen LogP contribution in [0.5, 0.6) is 0 Å². The topological polar surface area (TPSA) is 78.9 Å². The monoisotopic (exact) mass is 249 g/mol. The number of nitrogens with zero attached hydrogens (tertiary/aromatic N) is 1. The second-order valence-electron chi connectivity index (χ2n) is 3.39. The molecule has 1 rings (SSSR count). The first-order valence-electron chi connectivity index (χ1n) is 5.33. The van der Waals surface area contributed by atoms with Gasteiger partial charge in [0.15, 0.2) is 0 Å². The number of nitrogens with one attached hydrogen (secondary N) is 1. The fourth-order valence-corrected chi connectivity index (χ4v) is 2.12. The van der Waals surface area contributed by atoms with Gasteiger partial charge in [0.25, 0.3) is 0 Å². The Morgan fingerprint density at radius 1 is 1.59 bits per heavy atom. The Hall–Kier alpha value is -1.51. The average Bonchev–Trinajstić information content (AvgIpc) is 2.36. The summed E-state index contributed by atoms with van der Waals surface area (Å²) in [5.41, 5.74) is 7.00. The summed E-state index contributed by atoms with van der Waals surface area (Å²) in [6, 6.07) is 7.60. The molecule has 0 aliphatic carbocycles. The smallest absolute Gasteiger partial charge is 0.230 e. The summed E-state index contributed by atoms with van der Waals surface area (Å²) < 4.78 is 0. The molecule has 0 spiro atoms. The number of hydrogen-bond donors (Lipinski definition) is 2. The van der Waals surface area contributed by atoms with Crippen molar-refractivity contribution in [2.75, 3.05) is 12.3 Å². The molecule has 0 aliphatic rings. The van der Waals surface area contributed by atoms with Crippen LogP contribution in [0, 0.1) is 11.3 Å². The predicted octanol–water partition coefficient (Wildman–Crippen LogP) is 1.25. The Morgan fingerprint density at radius 2 is 2.35 bits per heavy atom. The molecule has 0 atom stereocenters. The highest BCUT2D eigenvalue weighted by molar-refractivity contribution is 8.00. The van der Waals surface area contributed by atoms with Crippen LogP contribution in [0.2, 0.25) is 0 Å². The van der Waals surface area contributed by atoms with Gasteiger partial charge in [0.05, 0.1) is 11.3 Å². The lowest BCUT2D eigenvalue weighted by molar-refractivity contribution is -0.118. The van der Waals surface area contributed by atoms with Gasteiger partial charge >= 0.3 is 0 Å². The summed E-state index contributed by atoms with van der Waals surface area (Å²) in [5.74, 6) is 0.300. The van der Waals surface area contributed by atoms with Crippen LogP contribution >= 0.6 is 11.8 Å². The fourth-order valence-electron chi connectivity index (χ4n) is 1.31. The number of rotatable bonds is 5. The molecule has 17 heavy (non-hydrogen) atoms. The predicted molar refractivity (Wildman–Crippen MR) is 68.5 cm³/mol. The number of carbonyl (C=O) groups excluding carboxylic acids is 1. The van der Waals surface area contributed by atoms with E-state index in [1.54, 1.807) is 6.07 Å². The summed E-state index contributed by atoms with van der Waals surface area (Å²) in [5, 5.41) is 11.7. The quantitative estimate of drug-likeness (QED) is 0.770. The zero-order valence-electron chi connectivity index (χ0n) is 9.69. The van der Waals surface area contributed by atoms with E-state index >= 15 is 0 Å². The Morgan fingerprint density at radius 3 is 2.94 bits per heavy atom. The maximum atomic E-state index is 11.3. The number of carbonyl (C=O) groups is 1. The molecule has 1 aromatic rings. The Balaban J connectivity index is 2.71. The number of nitrogens with two attached hydrogens (primary N) is 1. The SMILES string of the molecule is CCNC(=O)CSc1ccc(CN)cc1C#N. The highest BCUT2D eigenvalue weighted by Gasteiger charge is 2.06. The molecule has 0 aromatic heterocycles. The molecular weight excluding hydrogens is 234 g/mol. The minimum Gasteiger partial charge on any atom is -0.356 e. The van der Waals surface area contributed by atoms with Crippen molar-refractivity contribution in [2.24, 2.45) is 5.73 Å². The highest BCUT2D eigenvalue weighted by Crippen LogP contribution is 2.23. The van der Waals surface area contributed by atoms with E-state index in [-0.39, 0.29) is 5.91 Å². The number of benzene rings is 1. The molecule has 0 heterocycles. The molecule has 4 nitrogen and oxygen atoms in total. The van der Waals surface area contributed by atoms with Gasteiger partial charge in [0.2, 0.25) is 5.91 Å². The molecule has 0 saturated heterocycles. The van der Waals surface area contributed by atoms with Crippen LogP contribution < -0.4 is 11.1 Å². The van der Waals surface area contributed by atoms with E-state index in [1.165, 1.54) is 11.8 Å². The van der Waals surface area contributed by atoms with Crippen LogP contribution in [0.4, 0.5) is 0 Å². The first-order valence-corrected chi connectivity index (χ1v) is 6.32. The van der Waals surface area contributed by atoms with Gasteiger partial charge < -0.3 is 11.1 Å². The Bertz CT molecular complexity index is 440. The maximum absolute atomic E-state index is 11.3. The number of nitriles is 1. The van der Waals surface area contributed by atoms with Crippen molar-refractivity contribution >= 4 is 17.7 Å². The molecule has 0 bridgehead atoms. The lowest BCUT2D eigenvalue weighted by Gasteiger charge is -2.05. The second-order valence-corrected chi connectivity index (χ2v) is 4.41. The lowest BCUT2D eigenvalue weighted by atomic mass is 10.1. The molecule has 0 saturated carbocycles. The van der Waals surface area contributed by atoms with Gasteiger partial charge in [-0.1, -0.05) is 6.07 Å². The van der Waals surface area contributed by atoms with Crippen molar-refractivity contribution in [2.45, 2.75) is 18.4 Å². The molecular formula is C12H15N3OS. The fraction of sp³-hybridized carbons (Fsp3) is 0.333. The third-order valence-electron chi connectivity index (χ3n) is 2.13. The van der Waals surface area contributed by atoms with Gasteiger partial charge in [0, 0.05) is 18.0 Å². The van der Waals surface area contributed by atoms with E-state index in [2.05, 4.69) is 11.4 Å². The lowest BCUT2D eigenvalue weighted by Crippen LogP contribution is -2.24. The third-order valence-corrected chi connectivity index (χ3v) is 3.21. The summed E-state index contributed by atoms with van der Waals surface area (Å²) in [4.78, 5) is 12.1. The van der Waals surface area contributed by atoms with Gasteiger partial charge in [-0.05, 0) is 24.6 Å². The maximum Gasteiger partial charge on any atom is 0.230 e. The molecule has 3 N–H and O–H groups in total. The van der Waals surface area contributed by atoms with Gasteiger partial charge in [-0.25, -0.2) is 0 Å². The average molecular weight is 249 g/mol. The first-order chi connectivity index (χ1) is 8.21. The normalized spacial score (nSPS) is 9.71. The Kier molecular flexibility index (Phi) is 5.53. The molecule has 90 valence electrons. The summed E-state index contributed by atoms with van der Waals surface area (Å²) >= 11 is 1.36. The van der Waals surface area contributed by atoms with E-state index < -0.39 is 0 Å². The van der Waals surface area contributed by atoms with Crippen molar-refractivity contribution in [3.8, 4) is 6.07 Å². The van der Waals surface area contributed by atoms with Gasteiger partial charge in [-0.15, -0.1) is 11.8 Å². The van der Waals surface area contributed by atoms with Crippen LogP contribution in [0.15, 0.2) is 23.1 Å². The van der Waals surface area contributed by atoms with Crippen molar-refractivity contribution in [1.82, 2.24) is 5.32 Å². The molecule has 5 heteroatoms. The van der Waals surface area contributed by atoms with Crippen LogP contribution in [0.25, 0.3) is 0 Å². The van der Waals surface area contributed by atoms with Gasteiger partial charge in [0.1, 0.15) is 6.07 Å². The molecule has 0 aliphatic heterocycles. The standard InChI is InChI=1S/C12H15N3OS/c1-2-15-12(16)8-17-11-4-3-9(6-13)5-10(11)7-14/h3-5H,2,6,8,13H2,1H3,(H,15,16). The minimum absolute atomic E-state index is 0.0238. The van der Waals surface area contributed by atoms with Crippen molar-refractivity contribution in [1.29, 1.82) is 5.26 Å². The number of amides is 1. The van der Waals surface area contributed by atoms with Gasteiger partial charge in [-0.3, -0.25) is 4.79 Å². The van der Waals surface area contributed by atoms with Crippen LogP contribution in [0.1, 0.15) is 18.1 Å². The third kappa shape index (κ3) is 4.10. The molecule has 1 aromatic carbocycles. The molecule has 0 radical (unpaired) electrons. The summed E-state index contributed by atoms with van der Waals surface area (Å²) in [6.45, 7) is 2.91. The summed E-state index contributed by atoms with van der Waals surface area (Å²) in [6.07, 6.45) is 0. The van der Waals surface area contributed by atoms with E-state index in [1.807, 2.05) is 19.1 Å². The zero-order valence-corrected chi connectivity index (χ0v) is 10.5.